The van der Waals surface area contributed by atoms with E-state index in [2.05, 4.69) is 12.2 Å². The van der Waals surface area contributed by atoms with Crippen molar-refractivity contribution >= 4 is 10.0 Å². The van der Waals surface area contributed by atoms with Crippen molar-refractivity contribution in [3.63, 3.8) is 0 Å². The van der Waals surface area contributed by atoms with Crippen molar-refractivity contribution in [3.05, 3.63) is 0 Å². The topological polar surface area (TPSA) is 49.4 Å². The molecular formula is C10H18N2O2S. The fourth-order valence-electron chi connectivity index (χ4n) is 3.02. The highest BCUT2D eigenvalue weighted by Gasteiger charge is 2.50. The van der Waals surface area contributed by atoms with Gasteiger partial charge in [-0.15, -0.1) is 0 Å². The molecule has 0 amide bonds. The Morgan fingerprint density at radius 2 is 2.00 bits per heavy atom. The van der Waals surface area contributed by atoms with Crippen LogP contribution in [0.25, 0.3) is 0 Å². The number of sulfonamides is 1. The van der Waals surface area contributed by atoms with E-state index in [-0.39, 0.29) is 11.3 Å². The third-order valence-electron chi connectivity index (χ3n) is 4.15. The lowest BCUT2D eigenvalue weighted by Crippen LogP contribution is -2.39. The zero-order valence-corrected chi connectivity index (χ0v) is 9.83. The van der Waals surface area contributed by atoms with Crippen molar-refractivity contribution in [2.45, 2.75) is 31.1 Å². The summed E-state index contributed by atoms with van der Waals surface area (Å²) in [5.74, 6) is 1.09. The maximum Gasteiger partial charge on any atom is 0.217 e. The molecule has 3 fully saturated rings. The highest BCUT2D eigenvalue weighted by atomic mass is 32.2. The number of hydrogen-bond acceptors (Lipinski definition) is 3. The molecule has 0 aromatic rings. The lowest BCUT2D eigenvalue weighted by Gasteiger charge is -2.23. The lowest BCUT2D eigenvalue weighted by atomic mass is 9.95. The van der Waals surface area contributed by atoms with Crippen molar-refractivity contribution in [2.75, 3.05) is 19.6 Å². The smallest absolute Gasteiger partial charge is 0.217 e. The zero-order chi connectivity index (χ0) is 10.6. The van der Waals surface area contributed by atoms with Crippen molar-refractivity contribution in [1.29, 1.82) is 0 Å². The summed E-state index contributed by atoms with van der Waals surface area (Å²) in [6.45, 7) is 4.80. The van der Waals surface area contributed by atoms with E-state index in [1.807, 2.05) is 0 Å². The fourth-order valence-corrected chi connectivity index (χ4v) is 5.16. The molecule has 3 atom stereocenters. The molecule has 0 aromatic heterocycles. The molecule has 1 aliphatic carbocycles. The normalized spacial score (nSPS) is 42.1. The van der Waals surface area contributed by atoms with Crippen LogP contribution in [0.1, 0.15) is 19.8 Å². The van der Waals surface area contributed by atoms with Gasteiger partial charge in [-0.3, -0.25) is 0 Å². The first kappa shape index (κ1) is 10.1. The molecule has 15 heavy (non-hydrogen) atoms. The number of nitrogens with zero attached hydrogens (tertiary/aromatic N) is 1. The first-order chi connectivity index (χ1) is 7.10. The number of nitrogens with one attached hydrogen (secondary N) is 1. The molecule has 0 aromatic carbocycles. The van der Waals surface area contributed by atoms with E-state index in [9.17, 15) is 8.42 Å². The van der Waals surface area contributed by atoms with Crippen LogP contribution in [-0.2, 0) is 10.0 Å². The summed E-state index contributed by atoms with van der Waals surface area (Å²) in [4.78, 5) is 0. The summed E-state index contributed by atoms with van der Waals surface area (Å²) < 4.78 is 26.1. The van der Waals surface area contributed by atoms with E-state index in [1.54, 1.807) is 4.31 Å². The van der Waals surface area contributed by atoms with E-state index in [1.165, 1.54) is 0 Å². The number of fused-ring (bicyclic) bond motifs is 1. The average Bonchev–Trinajstić information content (AvgIpc) is 2.86. The minimum atomic E-state index is -2.95. The Kier molecular flexibility index (Phi) is 2.13. The van der Waals surface area contributed by atoms with Crippen LogP contribution in [0.2, 0.25) is 0 Å². The Morgan fingerprint density at radius 3 is 2.60 bits per heavy atom. The standard InChI is InChI=1S/C10H18N2O2S/c1-7-10-5-11-4-8(10)6-12(7)15(13,14)9-2-3-9/h7-11H,2-6H2,1H3. The summed E-state index contributed by atoms with van der Waals surface area (Å²) in [6, 6.07) is 0.204. The molecule has 2 heterocycles. The maximum absolute atomic E-state index is 12.1. The average molecular weight is 230 g/mol. The van der Waals surface area contributed by atoms with Crippen LogP contribution < -0.4 is 5.32 Å². The molecule has 0 bridgehead atoms. The minimum absolute atomic E-state index is 0.0493. The third kappa shape index (κ3) is 1.44. The first-order valence-corrected chi connectivity index (χ1v) is 7.32. The van der Waals surface area contributed by atoms with Gasteiger partial charge in [0.1, 0.15) is 0 Å². The van der Waals surface area contributed by atoms with Crippen molar-refractivity contribution < 1.29 is 8.42 Å². The molecule has 3 unspecified atom stereocenters. The maximum atomic E-state index is 12.1. The van der Waals surface area contributed by atoms with Gasteiger partial charge < -0.3 is 5.32 Å². The van der Waals surface area contributed by atoms with Gasteiger partial charge in [0.05, 0.1) is 5.25 Å². The van der Waals surface area contributed by atoms with Crippen LogP contribution in [-0.4, -0.2) is 43.6 Å². The quantitative estimate of drug-likeness (QED) is 0.727. The van der Waals surface area contributed by atoms with Gasteiger partial charge in [-0.25, -0.2) is 8.42 Å². The fraction of sp³-hybridized carbons (Fsp3) is 1.00. The number of hydrogen-bond donors (Lipinski definition) is 1. The zero-order valence-electron chi connectivity index (χ0n) is 9.02. The molecule has 4 nitrogen and oxygen atoms in total. The van der Waals surface area contributed by atoms with Crippen LogP contribution in [0.4, 0.5) is 0 Å². The van der Waals surface area contributed by atoms with E-state index in [4.69, 9.17) is 0 Å². The van der Waals surface area contributed by atoms with E-state index < -0.39 is 10.0 Å². The van der Waals surface area contributed by atoms with Crippen LogP contribution in [0.3, 0.4) is 0 Å². The molecular weight excluding hydrogens is 212 g/mol. The summed E-state index contributed by atoms with van der Waals surface area (Å²) in [5, 5.41) is 3.30. The Balaban J connectivity index is 1.83. The van der Waals surface area contributed by atoms with Crippen molar-refractivity contribution in [3.8, 4) is 0 Å². The third-order valence-corrected chi connectivity index (χ3v) is 6.60. The second kappa shape index (κ2) is 3.18. The summed E-state index contributed by atoms with van der Waals surface area (Å²) >= 11 is 0. The van der Waals surface area contributed by atoms with Gasteiger partial charge in [-0.2, -0.15) is 4.31 Å². The Morgan fingerprint density at radius 1 is 1.27 bits per heavy atom. The summed E-state index contributed by atoms with van der Waals surface area (Å²) in [5.41, 5.74) is 0. The van der Waals surface area contributed by atoms with E-state index >= 15 is 0 Å². The molecule has 86 valence electrons. The Bertz CT molecular complexity index is 364. The molecule has 3 rings (SSSR count). The largest absolute Gasteiger partial charge is 0.316 e. The van der Waals surface area contributed by atoms with Crippen LogP contribution in [0.15, 0.2) is 0 Å². The molecule has 1 N–H and O–H groups in total. The minimum Gasteiger partial charge on any atom is -0.316 e. The molecule has 0 spiro atoms. The molecule has 5 heteroatoms. The van der Waals surface area contributed by atoms with E-state index in [0.29, 0.717) is 11.8 Å². The molecule has 2 aliphatic heterocycles. The lowest BCUT2D eigenvalue weighted by molar-refractivity contribution is 0.360. The SMILES string of the molecule is CC1C2CNCC2CN1S(=O)(=O)C1CC1. The van der Waals surface area contributed by atoms with E-state index in [0.717, 1.165) is 32.5 Å². The van der Waals surface area contributed by atoms with Crippen molar-refractivity contribution in [2.24, 2.45) is 11.8 Å². The molecule has 2 saturated heterocycles. The predicted molar refractivity (Wildman–Crippen MR) is 58.0 cm³/mol. The Labute approximate surface area is 91.1 Å². The van der Waals surface area contributed by atoms with Gasteiger partial charge >= 0.3 is 0 Å². The first-order valence-electron chi connectivity index (χ1n) is 5.82. The van der Waals surface area contributed by atoms with Crippen LogP contribution in [0, 0.1) is 11.8 Å². The summed E-state index contributed by atoms with van der Waals surface area (Å²) in [7, 11) is -2.95. The van der Waals surface area contributed by atoms with Gasteiger partial charge in [0, 0.05) is 12.6 Å². The van der Waals surface area contributed by atoms with Crippen molar-refractivity contribution in [1.82, 2.24) is 9.62 Å². The van der Waals surface area contributed by atoms with Gasteiger partial charge in [-0.1, -0.05) is 0 Å². The summed E-state index contributed by atoms with van der Waals surface area (Å²) in [6.07, 6.45) is 1.75. The van der Waals surface area contributed by atoms with Gasteiger partial charge in [0.15, 0.2) is 0 Å². The van der Waals surface area contributed by atoms with Crippen LogP contribution in [0.5, 0.6) is 0 Å². The predicted octanol–water partition coefficient (Wildman–Crippen LogP) is 0.0183. The number of rotatable bonds is 2. The highest BCUT2D eigenvalue weighted by molar-refractivity contribution is 7.90. The molecule has 0 radical (unpaired) electrons. The molecule has 3 aliphatic rings. The van der Waals surface area contributed by atoms with Gasteiger partial charge in [0.25, 0.3) is 0 Å². The Hall–Kier alpha value is -0.130. The second-order valence-corrected chi connectivity index (χ2v) is 7.30. The van der Waals surface area contributed by atoms with Gasteiger partial charge in [0.2, 0.25) is 10.0 Å². The second-order valence-electron chi connectivity index (χ2n) is 5.14. The van der Waals surface area contributed by atoms with Crippen LogP contribution >= 0.6 is 0 Å². The molecule has 1 saturated carbocycles. The monoisotopic (exact) mass is 230 g/mol. The highest BCUT2D eigenvalue weighted by Crippen LogP contribution is 2.39. The van der Waals surface area contributed by atoms with Gasteiger partial charge in [-0.05, 0) is 44.7 Å².